The third-order valence-corrected chi connectivity index (χ3v) is 4.75. The van der Waals surface area contributed by atoms with Crippen LogP contribution in [0.2, 0.25) is 0 Å². The van der Waals surface area contributed by atoms with Crippen LogP contribution in [-0.4, -0.2) is 46.1 Å². The number of piperidine rings is 1. The zero-order valence-electron chi connectivity index (χ0n) is 14.9. The van der Waals surface area contributed by atoms with Crippen LogP contribution in [-0.2, 0) is 17.8 Å². The molecule has 1 fully saturated rings. The number of carbonyl (C=O) groups excluding carboxylic acids is 1. The first-order valence-electron chi connectivity index (χ1n) is 9.05. The number of aryl methyl sites for hydroxylation is 1. The van der Waals surface area contributed by atoms with E-state index < -0.39 is 17.7 Å². The third kappa shape index (κ3) is 5.55. The minimum absolute atomic E-state index is 0.159. The minimum Gasteiger partial charge on any atom is -0.390 e. The SMILES string of the molecule is O=C(CCc1ccc(F)c(F)c1)N[C@@H]1CCN(Cc2ccccn2)C[C@H]1O. The van der Waals surface area contributed by atoms with Gasteiger partial charge in [0.1, 0.15) is 0 Å². The molecule has 1 aliphatic heterocycles. The summed E-state index contributed by atoms with van der Waals surface area (Å²) in [5, 5.41) is 13.2. The number of carbonyl (C=O) groups is 1. The summed E-state index contributed by atoms with van der Waals surface area (Å²) < 4.78 is 26.1. The standard InChI is InChI=1S/C20H23F2N3O2/c21-16-6-4-14(11-17(16)22)5-7-20(27)24-18-8-10-25(13-19(18)26)12-15-3-1-2-9-23-15/h1-4,6,9,11,18-19,26H,5,7-8,10,12-13H2,(H,24,27)/t18-,19-/m1/s1. The number of likely N-dealkylation sites (tertiary alicyclic amines) is 1. The van der Waals surface area contributed by atoms with Crippen LogP contribution in [0.25, 0.3) is 0 Å². The van der Waals surface area contributed by atoms with Crippen LogP contribution in [0.5, 0.6) is 0 Å². The van der Waals surface area contributed by atoms with Crippen LogP contribution in [0.4, 0.5) is 8.78 Å². The molecule has 1 aliphatic rings. The van der Waals surface area contributed by atoms with Crippen molar-refractivity contribution in [2.24, 2.45) is 0 Å². The van der Waals surface area contributed by atoms with Crippen molar-refractivity contribution in [2.45, 2.75) is 38.0 Å². The van der Waals surface area contributed by atoms with Crippen LogP contribution < -0.4 is 5.32 Å². The Morgan fingerprint density at radius 3 is 2.81 bits per heavy atom. The molecule has 1 saturated heterocycles. The molecule has 1 aromatic carbocycles. The van der Waals surface area contributed by atoms with Gasteiger partial charge in [-0.15, -0.1) is 0 Å². The van der Waals surface area contributed by atoms with E-state index in [4.69, 9.17) is 0 Å². The molecule has 0 spiro atoms. The van der Waals surface area contributed by atoms with Crippen LogP contribution in [0.1, 0.15) is 24.1 Å². The van der Waals surface area contributed by atoms with E-state index in [0.29, 0.717) is 31.5 Å². The average molecular weight is 375 g/mol. The van der Waals surface area contributed by atoms with Gasteiger partial charge in [0.2, 0.25) is 5.91 Å². The molecule has 7 heteroatoms. The van der Waals surface area contributed by atoms with Gasteiger partial charge in [-0.1, -0.05) is 12.1 Å². The molecule has 0 aliphatic carbocycles. The van der Waals surface area contributed by atoms with Gasteiger partial charge in [-0.2, -0.15) is 0 Å². The topological polar surface area (TPSA) is 65.5 Å². The molecule has 2 aromatic rings. The van der Waals surface area contributed by atoms with Crippen LogP contribution in [0, 0.1) is 11.6 Å². The number of aliphatic hydroxyl groups is 1. The number of hydrogen-bond donors (Lipinski definition) is 2. The van der Waals surface area contributed by atoms with Crippen molar-refractivity contribution in [3.8, 4) is 0 Å². The van der Waals surface area contributed by atoms with Crippen molar-refractivity contribution in [2.75, 3.05) is 13.1 Å². The van der Waals surface area contributed by atoms with E-state index in [1.54, 1.807) is 6.20 Å². The number of benzene rings is 1. The fraction of sp³-hybridized carbons (Fsp3) is 0.400. The molecule has 5 nitrogen and oxygen atoms in total. The molecule has 3 rings (SSSR count). The number of aliphatic hydroxyl groups excluding tert-OH is 1. The Bertz CT molecular complexity index is 773. The first kappa shape index (κ1) is 19.4. The zero-order chi connectivity index (χ0) is 19.2. The molecule has 0 bridgehead atoms. The maximum atomic E-state index is 13.2. The highest BCUT2D eigenvalue weighted by Gasteiger charge is 2.28. The summed E-state index contributed by atoms with van der Waals surface area (Å²) in [6.07, 6.45) is 2.20. The van der Waals surface area contributed by atoms with E-state index >= 15 is 0 Å². The number of β-amino-alcohol motifs (C(OH)–C–C–N with tert-alkyl or cyclic N) is 1. The van der Waals surface area contributed by atoms with Gasteiger partial charge in [0, 0.05) is 32.3 Å². The highest BCUT2D eigenvalue weighted by molar-refractivity contribution is 5.76. The predicted octanol–water partition coefficient (Wildman–Crippen LogP) is 2.04. The van der Waals surface area contributed by atoms with Crippen LogP contribution in [0.15, 0.2) is 42.6 Å². The van der Waals surface area contributed by atoms with E-state index in [1.807, 2.05) is 18.2 Å². The van der Waals surface area contributed by atoms with Crippen LogP contribution >= 0.6 is 0 Å². The molecular formula is C20H23F2N3O2. The summed E-state index contributed by atoms with van der Waals surface area (Å²) in [4.78, 5) is 18.5. The molecule has 27 heavy (non-hydrogen) atoms. The monoisotopic (exact) mass is 375 g/mol. The van der Waals surface area contributed by atoms with Crippen molar-refractivity contribution in [1.82, 2.24) is 15.2 Å². The van der Waals surface area contributed by atoms with Gasteiger partial charge in [-0.25, -0.2) is 8.78 Å². The second kappa shape index (κ2) is 9.01. The molecule has 1 aromatic heterocycles. The number of amides is 1. The van der Waals surface area contributed by atoms with Gasteiger partial charge in [0.15, 0.2) is 11.6 Å². The molecular weight excluding hydrogens is 352 g/mol. The van der Waals surface area contributed by atoms with Gasteiger partial charge in [-0.05, 0) is 42.7 Å². The maximum Gasteiger partial charge on any atom is 0.220 e. The Kier molecular flexibility index (Phi) is 6.47. The lowest BCUT2D eigenvalue weighted by atomic mass is 10.0. The van der Waals surface area contributed by atoms with Crippen molar-refractivity contribution in [3.63, 3.8) is 0 Å². The summed E-state index contributed by atoms with van der Waals surface area (Å²) in [5.74, 6) is -2.02. The van der Waals surface area contributed by atoms with E-state index in [-0.39, 0.29) is 18.4 Å². The van der Waals surface area contributed by atoms with Gasteiger partial charge in [0.05, 0.1) is 17.8 Å². The van der Waals surface area contributed by atoms with Crippen LogP contribution in [0.3, 0.4) is 0 Å². The summed E-state index contributed by atoms with van der Waals surface area (Å²) in [6, 6.07) is 9.06. The number of hydrogen-bond acceptors (Lipinski definition) is 4. The summed E-state index contributed by atoms with van der Waals surface area (Å²) in [5.41, 5.74) is 1.51. The average Bonchev–Trinajstić information content (AvgIpc) is 2.66. The Morgan fingerprint density at radius 1 is 1.26 bits per heavy atom. The lowest BCUT2D eigenvalue weighted by Gasteiger charge is -2.36. The summed E-state index contributed by atoms with van der Waals surface area (Å²) in [6.45, 7) is 1.88. The van der Waals surface area contributed by atoms with Crippen molar-refractivity contribution in [1.29, 1.82) is 0 Å². The van der Waals surface area contributed by atoms with E-state index in [2.05, 4.69) is 15.2 Å². The van der Waals surface area contributed by atoms with Gasteiger partial charge in [0.25, 0.3) is 0 Å². The van der Waals surface area contributed by atoms with E-state index in [9.17, 15) is 18.7 Å². The fourth-order valence-corrected chi connectivity index (χ4v) is 3.26. The molecule has 0 saturated carbocycles. The molecule has 0 unspecified atom stereocenters. The number of rotatable bonds is 6. The lowest BCUT2D eigenvalue weighted by molar-refractivity contribution is -0.123. The second-order valence-corrected chi connectivity index (χ2v) is 6.83. The highest BCUT2D eigenvalue weighted by Crippen LogP contribution is 2.15. The lowest BCUT2D eigenvalue weighted by Crippen LogP contribution is -2.53. The Labute approximate surface area is 157 Å². The maximum absolute atomic E-state index is 13.2. The number of nitrogens with zero attached hydrogens (tertiary/aromatic N) is 2. The number of nitrogens with one attached hydrogen (secondary N) is 1. The third-order valence-electron chi connectivity index (χ3n) is 4.75. The molecule has 2 atom stereocenters. The first-order chi connectivity index (χ1) is 13.0. The van der Waals surface area contributed by atoms with Crippen molar-refractivity contribution >= 4 is 5.91 Å². The normalized spacial score (nSPS) is 20.4. The van der Waals surface area contributed by atoms with E-state index in [1.165, 1.54) is 6.07 Å². The second-order valence-electron chi connectivity index (χ2n) is 6.83. The minimum atomic E-state index is -0.913. The number of aromatic nitrogens is 1. The molecule has 0 radical (unpaired) electrons. The molecule has 144 valence electrons. The predicted molar refractivity (Wildman–Crippen MR) is 96.7 cm³/mol. The Morgan fingerprint density at radius 2 is 2.11 bits per heavy atom. The largest absolute Gasteiger partial charge is 0.390 e. The molecule has 2 heterocycles. The molecule has 2 N–H and O–H groups in total. The smallest absolute Gasteiger partial charge is 0.220 e. The van der Waals surface area contributed by atoms with Gasteiger partial charge >= 0.3 is 0 Å². The highest BCUT2D eigenvalue weighted by atomic mass is 19.2. The van der Waals surface area contributed by atoms with Gasteiger partial charge < -0.3 is 10.4 Å². The zero-order valence-corrected chi connectivity index (χ0v) is 14.9. The van der Waals surface area contributed by atoms with Gasteiger partial charge in [-0.3, -0.25) is 14.7 Å². The summed E-state index contributed by atoms with van der Waals surface area (Å²) in [7, 11) is 0. The quantitative estimate of drug-likeness (QED) is 0.811. The van der Waals surface area contributed by atoms with Crippen molar-refractivity contribution in [3.05, 3.63) is 65.5 Å². The van der Waals surface area contributed by atoms with Crippen molar-refractivity contribution < 1.29 is 18.7 Å². The number of halogens is 2. The molecule has 1 amide bonds. The number of pyridine rings is 1. The fourth-order valence-electron chi connectivity index (χ4n) is 3.26. The Balaban J connectivity index is 1.44. The first-order valence-corrected chi connectivity index (χ1v) is 9.05. The van der Waals surface area contributed by atoms with E-state index in [0.717, 1.165) is 24.4 Å². The summed E-state index contributed by atoms with van der Waals surface area (Å²) >= 11 is 0. The Hall–Kier alpha value is -2.38.